The molecule has 27 heavy (non-hydrogen) atoms. The smallest absolute Gasteiger partial charge is 0.182 e. The maximum absolute atomic E-state index is 12.7. The van der Waals surface area contributed by atoms with E-state index in [2.05, 4.69) is 5.32 Å². The van der Waals surface area contributed by atoms with Crippen LogP contribution in [-0.4, -0.2) is 40.0 Å². The summed E-state index contributed by atoms with van der Waals surface area (Å²) in [7, 11) is -3.65. The molecule has 9 heteroatoms. The van der Waals surface area contributed by atoms with E-state index < -0.39 is 20.7 Å². The summed E-state index contributed by atoms with van der Waals surface area (Å²) in [6, 6.07) is 9.84. The predicted molar refractivity (Wildman–Crippen MR) is 99.3 cm³/mol. The lowest BCUT2D eigenvalue weighted by Gasteiger charge is -2.29. The number of nitrogens with zero attached hydrogens (tertiary/aromatic N) is 4. The summed E-state index contributed by atoms with van der Waals surface area (Å²) in [6.07, 6.45) is 0. The molecule has 2 rings (SSSR count). The Morgan fingerprint density at radius 3 is 2.30 bits per heavy atom. The maximum Gasteiger partial charge on any atom is 0.182 e. The zero-order valence-electron chi connectivity index (χ0n) is 15.1. The molecule has 0 atom stereocenters. The second kappa shape index (κ2) is 8.55. The Kier molecular flexibility index (Phi) is 6.41. The van der Waals surface area contributed by atoms with Crippen LogP contribution in [0.2, 0.25) is 0 Å². The molecule has 1 aromatic rings. The van der Waals surface area contributed by atoms with Crippen molar-refractivity contribution in [2.45, 2.75) is 24.0 Å². The van der Waals surface area contributed by atoms with Gasteiger partial charge in [-0.1, -0.05) is 0 Å². The van der Waals surface area contributed by atoms with Crippen molar-refractivity contribution in [3.8, 4) is 18.2 Å². The Labute approximate surface area is 158 Å². The zero-order valence-corrected chi connectivity index (χ0v) is 15.9. The van der Waals surface area contributed by atoms with E-state index in [-0.39, 0.29) is 16.3 Å². The van der Waals surface area contributed by atoms with E-state index in [1.54, 1.807) is 44.2 Å². The van der Waals surface area contributed by atoms with Crippen molar-refractivity contribution in [2.75, 3.05) is 36.5 Å². The molecule has 1 saturated heterocycles. The van der Waals surface area contributed by atoms with E-state index in [0.717, 1.165) is 5.69 Å². The number of morpholine rings is 1. The molecule has 0 unspecified atom stereocenters. The first-order valence-corrected chi connectivity index (χ1v) is 9.82. The number of hydrogen-bond donors (Lipinski definition) is 1. The summed E-state index contributed by atoms with van der Waals surface area (Å²) in [5, 5.41) is 29.3. The number of rotatable bonds is 5. The van der Waals surface area contributed by atoms with Gasteiger partial charge in [-0.05, 0) is 32.0 Å². The SMILES string of the molecule is CC(C)S(=O)(=O)c1ccc(N2CCOCC2)cc1NC(C#N)=C(C#N)C#N. The van der Waals surface area contributed by atoms with E-state index in [9.17, 15) is 13.7 Å². The average Bonchev–Trinajstić information content (AvgIpc) is 2.68. The monoisotopic (exact) mass is 385 g/mol. The summed E-state index contributed by atoms with van der Waals surface area (Å²) in [6.45, 7) is 5.55. The Bertz CT molecular complexity index is 956. The van der Waals surface area contributed by atoms with Crippen LogP contribution >= 0.6 is 0 Å². The second-order valence-electron chi connectivity index (χ2n) is 6.08. The number of allylic oxidation sites excluding steroid dienone is 2. The molecule has 1 aliphatic rings. The number of nitriles is 3. The molecule has 140 valence electrons. The molecule has 0 amide bonds. The summed E-state index contributed by atoms with van der Waals surface area (Å²) >= 11 is 0. The summed E-state index contributed by atoms with van der Waals surface area (Å²) in [5.74, 6) is 0. The molecular weight excluding hydrogens is 366 g/mol. The molecular formula is C18H19N5O3S. The van der Waals surface area contributed by atoms with Gasteiger partial charge in [0.2, 0.25) is 0 Å². The fourth-order valence-corrected chi connectivity index (χ4v) is 3.74. The second-order valence-corrected chi connectivity index (χ2v) is 8.56. The number of nitrogens with one attached hydrogen (secondary N) is 1. The molecule has 1 aromatic carbocycles. The normalized spacial score (nSPS) is 14.0. The minimum Gasteiger partial charge on any atom is -0.378 e. The van der Waals surface area contributed by atoms with Gasteiger partial charge in [0, 0.05) is 18.8 Å². The molecule has 1 aliphatic heterocycles. The van der Waals surface area contributed by atoms with Crippen LogP contribution in [-0.2, 0) is 14.6 Å². The van der Waals surface area contributed by atoms with Crippen LogP contribution in [0, 0.1) is 34.0 Å². The molecule has 0 spiro atoms. The van der Waals surface area contributed by atoms with E-state index in [0.29, 0.717) is 26.3 Å². The van der Waals surface area contributed by atoms with Gasteiger partial charge < -0.3 is 15.0 Å². The highest BCUT2D eigenvalue weighted by atomic mass is 32.2. The Hall–Kier alpha value is -3.06. The van der Waals surface area contributed by atoms with Crippen LogP contribution < -0.4 is 10.2 Å². The van der Waals surface area contributed by atoms with Crippen molar-refractivity contribution >= 4 is 21.2 Å². The lowest BCUT2D eigenvalue weighted by molar-refractivity contribution is 0.122. The number of sulfone groups is 1. The first-order chi connectivity index (χ1) is 12.8. The first kappa shape index (κ1) is 20.3. The zero-order chi connectivity index (χ0) is 20.0. The number of hydrogen-bond acceptors (Lipinski definition) is 8. The van der Waals surface area contributed by atoms with Crippen LogP contribution in [0.1, 0.15) is 13.8 Å². The Morgan fingerprint density at radius 1 is 1.15 bits per heavy atom. The van der Waals surface area contributed by atoms with Crippen molar-refractivity contribution in [1.82, 2.24) is 0 Å². The summed E-state index contributed by atoms with van der Waals surface area (Å²) < 4.78 is 30.8. The fourth-order valence-electron chi connectivity index (χ4n) is 2.55. The fraction of sp³-hybridized carbons (Fsp3) is 0.389. The third-order valence-electron chi connectivity index (χ3n) is 4.11. The van der Waals surface area contributed by atoms with Crippen LogP contribution in [0.5, 0.6) is 0 Å². The predicted octanol–water partition coefficient (Wildman–Crippen LogP) is 1.94. The van der Waals surface area contributed by atoms with Gasteiger partial charge in [0.25, 0.3) is 0 Å². The molecule has 0 bridgehead atoms. The maximum atomic E-state index is 12.7. The number of ether oxygens (including phenoxy) is 1. The van der Waals surface area contributed by atoms with Gasteiger partial charge in [-0.25, -0.2) is 8.42 Å². The molecule has 0 aliphatic carbocycles. The molecule has 0 aromatic heterocycles. The van der Waals surface area contributed by atoms with Crippen LogP contribution in [0.3, 0.4) is 0 Å². The highest BCUT2D eigenvalue weighted by Gasteiger charge is 2.25. The topological polar surface area (TPSA) is 130 Å². The van der Waals surface area contributed by atoms with Gasteiger partial charge >= 0.3 is 0 Å². The van der Waals surface area contributed by atoms with Crippen molar-refractivity contribution in [3.05, 3.63) is 29.5 Å². The van der Waals surface area contributed by atoms with E-state index in [4.69, 9.17) is 15.3 Å². The van der Waals surface area contributed by atoms with Crippen molar-refractivity contribution in [3.63, 3.8) is 0 Å². The molecule has 8 nitrogen and oxygen atoms in total. The Morgan fingerprint density at radius 2 is 1.78 bits per heavy atom. The largest absolute Gasteiger partial charge is 0.378 e. The molecule has 1 fully saturated rings. The van der Waals surface area contributed by atoms with Crippen LogP contribution in [0.15, 0.2) is 34.4 Å². The lowest BCUT2D eigenvalue weighted by Crippen LogP contribution is -2.36. The van der Waals surface area contributed by atoms with Gasteiger partial charge in [0.15, 0.2) is 15.4 Å². The van der Waals surface area contributed by atoms with Gasteiger partial charge in [-0.2, -0.15) is 15.8 Å². The summed E-state index contributed by atoms with van der Waals surface area (Å²) in [5.41, 5.74) is 0.213. The Balaban J connectivity index is 2.60. The van der Waals surface area contributed by atoms with Crippen molar-refractivity contribution in [2.24, 2.45) is 0 Å². The van der Waals surface area contributed by atoms with Gasteiger partial charge in [0.1, 0.15) is 23.9 Å². The van der Waals surface area contributed by atoms with Gasteiger partial charge in [-0.15, -0.1) is 0 Å². The number of benzene rings is 1. The van der Waals surface area contributed by atoms with E-state index in [1.165, 1.54) is 6.07 Å². The minimum atomic E-state index is -3.65. The highest BCUT2D eigenvalue weighted by molar-refractivity contribution is 7.92. The standard InChI is InChI=1S/C18H19N5O3S/c1-13(2)27(24,25)18-4-3-15(23-5-7-26-8-6-23)9-16(18)22-17(12-21)14(10-19)11-20/h3-4,9,13,22H,5-8H2,1-2H3. The minimum absolute atomic E-state index is 0.0116. The molecule has 0 radical (unpaired) electrons. The summed E-state index contributed by atoms with van der Waals surface area (Å²) in [4.78, 5) is 2.05. The van der Waals surface area contributed by atoms with Gasteiger partial charge in [0.05, 0.1) is 29.0 Å². The van der Waals surface area contributed by atoms with Crippen molar-refractivity contribution < 1.29 is 13.2 Å². The molecule has 1 N–H and O–H groups in total. The average molecular weight is 385 g/mol. The van der Waals surface area contributed by atoms with Crippen LogP contribution in [0.4, 0.5) is 11.4 Å². The highest BCUT2D eigenvalue weighted by Crippen LogP contribution is 2.31. The number of anilines is 2. The quantitative estimate of drug-likeness (QED) is 0.761. The third kappa shape index (κ3) is 4.38. The van der Waals surface area contributed by atoms with E-state index >= 15 is 0 Å². The first-order valence-electron chi connectivity index (χ1n) is 8.27. The lowest BCUT2D eigenvalue weighted by atomic mass is 10.2. The van der Waals surface area contributed by atoms with Gasteiger partial charge in [-0.3, -0.25) is 0 Å². The van der Waals surface area contributed by atoms with Crippen LogP contribution in [0.25, 0.3) is 0 Å². The van der Waals surface area contributed by atoms with E-state index in [1.807, 2.05) is 4.90 Å². The molecule has 1 heterocycles. The third-order valence-corrected chi connectivity index (χ3v) is 6.32. The van der Waals surface area contributed by atoms with Crippen molar-refractivity contribution in [1.29, 1.82) is 15.8 Å². The molecule has 0 saturated carbocycles.